The fourth-order valence-corrected chi connectivity index (χ4v) is 11.4. The Balaban J connectivity index is 3.95. The number of unbranched alkanes of at least 4 members (excludes halogenated alkanes) is 48. The van der Waals surface area contributed by atoms with E-state index in [0.29, 0.717) is 17.4 Å². The number of nitrogens with zero attached hydrogens (tertiary/aromatic N) is 1. The van der Waals surface area contributed by atoms with Gasteiger partial charge >= 0.3 is 7.82 Å². The summed E-state index contributed by atoms with van der Waals surface area (Å²) in [6.45, 7) is 4.86. The summed E-state index contributed by atoms with van der Waals surface area (Å²) in [7, 11) is 1.59. The molecule has 0 aromatic rings. The molecule has 0 radical (unpaired) electrons. The van der Waals surface area contributed by atoms with Crippen LogP contribution >= 0.6 is 7.82 Å². The second-order valence-electron chi connectivity index (χ2n) is 25.3. The van der Waals surface area contributed by atoms with Gasteiger partial charge in [0.1, 0.15) is 13.2 Å². The zero-order valence-corrected chi connectivity index (χ0v) is 54.5. The predicted molar refractivity (Wildman–Crippen MR) is 346 cm³/mol. The van der Waals surface area contributed by atoms with E-state index in [9.17, 15) is 19.4 Å². The molecule has 3 unspecified atom stereocenters. The van der Waals surface area contributed by atoms with Crippen LogP contribution in [0.2, 0.25) is 0 Å². The highest BCUT2D eigenvalue weighted by atomic mass is 31.2. The number of likely N-dealkylation sites (N-methyl/N-ethyl adjacent to an activating group) is 1. The summed E-state index contributed by atoms with van der Waals surface area (Å²) in [5, 5.41) is 14.0. The van der Waals surface area contributed by atoms with E-state index in [-0.39, 0.29) is 19.1 Å². The topological polar surface area (TPSA) is 105 Å². The third-order valence-corrected chi connectivity index (χ3v) is 17.1. The number of rotatable bonds is 65. The highest BCUT2D eigenvalue weighted by molar-refractivity contribution is 7.47. The van der Waals surface area contributed by atoms with Crippen molar-refractivity contribution in [2.75, 3.05) is 40.9 Å². The van der Waals surface area contributed by atoms with Crippen LogP contribution in [-0.4, -0.2) is 73.4 Å². The van der Waals surface area contributed by atoms with Crippen molar-refractivity contribution in [2.45, 2.75) is 366 Å². The van der Waals surface area contributed by atoms with Crippen LogP contribution in [0.5, 0.6) is 0 Å². The first kappa shape index (κ1) is 77.7. The van der Waals surface area contributed by atoms with Gasteiger partial charge in [0.25, 0.3) is 0 Å². The summed E-state index contributed by atoms with van der Waals surface area (Å²) in [5.74, 6) is -0.169. The predicted octanol–water partition coefficient (Wildman–Crippen LogP) is 22.1. The molecule has 0 saturated carbocycles. The van der Waals surface area contributed by atoms with Crippen molar-refractivity contribution in [3.63, 3.8) is 0 Å². The van der Waals surface area contributed by atoms with Crippen molar-refractivity contribution >= 4 is 13.7 Å². The number of hydrogen-bond donors (Lipinski definition) is 3. The number of aliphatic hydroxyl groups is 1. The van der Waals surface area contributed by atoms with Gasteiger partial charge in [-0.25, -0.2) is 4.57 Å². The van der Waals surface area contributed by atoms with Crippen molar-refractivity contribution in [1.29, 1.82) is 0 Å². The average Bonchev–Trinajstić information content (AvgIpc) is 3.42. The smallest absolute Gasteiger partial charge is 0.387 e. The summed E-state index contributed by atoms with van der Waals surface area (Å²) in [4.78, 5) is 23.4. The minimum atomic E-state index is -4.35. The molecule has 0 fully saturated rings. The Bertz CT molecular complexity index is 1380. The van der Waals surface area contributed by atoms with E-state index >= 15 is 0 Å². The molecule has 3 N–H and O–H groups in total. The summed E-state index contributed by atoms with van der Waals surface area (Å²) < 4.78 is 23.8. The molecule has 0 aromatic heterocycles. The fraction of sp³-hybridized carbons (Fsp3) is 0.900. The van der Waals surface area contributed by atoms with Crippen molar-refractivity contribution in [2.24, 2.45) is 0 Å². The number of amides is 1. The quantitative estimate of drug-likeness (QED) is 0.0243. The van der Waals surface area contributed by atoms with E-state index in [0.717, 1.165) is 38.5 Å². The first-order valence-electron chi connectivity index (χ1n) is 34.9. The molecule has 0 saturated heterocycles. The van der Waals surface area contributed by atoms with E-state index in [1.165, 1.54) is 295 Å². The van der Waals surface area contributed by atoms with Gasteiger partial charge in [-0.2, -0.15) is 0 Å². The first-order chi connectivity index (χ1) is 38.5. The Kier molecular flexibility index (Phi) is 60.3. The molecule has 3 atom stereocenters. The fourth-order valence-electron chi connectivity index (χ4n) is 10.7. The molecule has 468 valence electrons. The molecule has 79 heavy (non-hydrogen) atoms. The third kappa shape index (κ3) is 64.1. The molecule has 0 aliphatic carbocycles. The maximum Gasteiger partial charge on any atom is 0.472 e. The van der Waals surface area contributed by atoms with Crippen LogP contribution in [-0.2, 0) is 18.4 Å². The van der Waals surface area contributed by atoms with Crippen LogP contribution in [0, 0.1) is 0 Å². The van der Waals surface area contributed by atoms with Crippen LogP contribution < -0.4 is 5.32 Å². The van der Waals surface area contributed by atoms with Crippen LogP contribution in [0.4, 0.5) is 0 Å². The molecular formula is C70H138N2O6P+. The Morgan fingerprint density at radius 1 is 0.430 bits per heavy atom. The number of carbonyl (C=O) groups excluding carboxylic acids is 1. The number of allylic oxidation sites excluding steroid dienone is 5. The Hall–Kier alpha value is -1.28. The maximum absolute atomic E-state index is 13.0. The molecule has 9 heteroatoms. The number of hydrogen-bond acceptors (Lipinski definition) is 5. The standard InChI is InChI=1S/C70H137N2O6P/c1-6-8-10-12-14-16-18-20-22-24-26-28-29-30-31-32-33-34-35-36-37-38-39-40-41-42-43-44-46-48-50-52-54-56-58-60-62-64-70(74)71-68(67-78-79(75,76)77-66-65-72(3,4)5)69(73)63-61-59-57-55-53-51-49-47-45-27-25-23-21-19-17-15-13-11-9-7-2/h18,20,24,26,61,63,68-69,73H,6-17,19,21-23,25,27-60,62,64-67H2,1-5H3,(H-,71,74,75,76)/p+1/b20-18-,26-24-,63-61+. The number of carbonyl (C=O) groups is 1. The Morgan fingerprint density at radius 3 is 1.04 bits per heavy atom. The highest BCUT2D eigenvalue weighted by Crippen LogP contribution is 2.43. The molecule has 0 spiro atoms. The summed E-state index contributed by atoms with van der Waals surface area (Å²) in [6, 6.07) is -0.845. The zero-order valence-electron chi connectivity index (χ0n) is 53.6. The van der Waals surface area contributed by atoms with Gasteiger partial charge in [0, 0.05) is 6.42 Å². The van der Waals surface area contributed by atoms with Gasteiger partial charge in [-0.05, 0) is 51.4 Å². The summed E-state index contributed by atoms with van der Waals surface area (Å²) in [6.07, 6.45) is 81.5. The van der Waals surface area contributed by atoms with Crippen molar-refractivity contribution in [1.82, 2.24) is 5.32 Å². The van der Waals surface area contributed by atoms with Gasteiger partial charge in [-0.15, -0.1) is 0 Å². The summed E-state index contributed by atoms with van der Waals surface area (Å²) in [5.41, 5.74) is 0. The number of phosphoric acid groups is 1. The second kappa shape index (κ2) is 61.3. The summed E-state index contributed by atoms with van der Waals surface area (Å²) >= 11 is 0. The normalized spacial score (nSPS) is 13.9. The molecule has 0 aromatic carbocycles. The number of quaternary nitrogens is 1. The van der Waals surface area contributed by atoms with Gasteiger partial charge in [0.15, 0.2) is 0 Å². The maximum atomic E-state index is 13.0. The van der Waals surface area contributed by atoms with Gasteiger partial charge in [0.2, 0.25) is 5.91 Å². The van der Waals surface area contributed by atoms with E-state index in [4.69, 9.17) is 9.05 Å². The Morgan fingerprint density at radius 2 is 0.722 bits per heavy atom. The second-order valence-corrected chi connectivity index (χ2v) is 26.7. The average molecular weight is 1130 g/mol. The molecule has 0 aliphatic rings. The van der Waals surface area contributed by atoms with E-state index < -0.39 is 20.0 Å². The molecule has 0 aliphatic heterocycles. The molecule has 8 nitrogen and oxygen atoms in total. The highest BCUT2D eigenvalue weighted by Gasteiger charge is 2.28. The number of aliphatic hydroxyl groups excluding tert-OH is 1. The minimum Gasteiger partial charge on any atom is -0.387 e. The first-order valence-corrected chi connectivity index (χ1v) is 36.4. The Labute approximate surface area is 493 Å². The van der Waals surface area contributed by atoms with Gasteiger partial charge in [-0.3, -0.25) is 13.8 Å². The lowest BCUT2D eigenvalue weighted by molar-refractivity contribution is -0.870. The number of phosphoric ester groups is 1. The van der Waals surface area contributed by atoms with Crippen LogP contribution in [0.25, 0.3) is 0 Å². The van der Waals surface area contributed by atoms with E-state index in [2.05, 4.69) is 43.5 Å². The lowest BCUT2D eigenvalue weighted by atomic mass is 10.0. The van der Waals surface area contributed by atoms with Crippen LogP contribution in [0.15, 0.2) is 36.5 Å². The van der Waals surface area contributed by atoms with Crippen molar-refractivity contribution in [3.05, 3.63) is 36.5 Å². The van der Waals surface area contributed by atoms with Gasteiger partial charge in [0.05, 0.1) is 39.9 Å². The van der Waals surface area contributed by atoms with Crippen molar-refractivity contribution < 1.29 is 32.9 Å². The third-order valence-electron chi connectivity index (χ3n) is 16.1. The minimum absolute atomic E-state index is 0.0640. The molecule has 1 amide bonds. The molecule has 0 rings (SSSR count). The van der Waals surface area contributed by atoms with Crippen molar-refractivity contribution in [3.8, 4) is 0 Å². The molecule has 0 heterocycles. The molecule has 0 bridgehead atoms. The van der Waals surface area contributed by atoms with Gasteiger partial charge < -0.3 is 19.8 Å². The monoisotopic (exact) mass is 1130 g/mol. The van der Waals surface area contributed by atoms with E-state index in [1.807, 2.05) is 27.2 Å². The SMILES string of the molecule is CCCCCCC/C=C\C/C=C\CCCCCCCCCCCCCCCCCCCCCCCCCCCC(=O)NC(COP(=O)(O)OCC[N+](C)(C)C)C(O)/C=C/CCCCCCCCCCCCCCCCCCCC. The van der Waals surface area contributed by atoms with Gasteiger partial charge in [-0.1, -0.05) is 333 Å². The molecular weight excluding hydrogens is 996 g/mol. The lowest BCUT2D eigenvalue weighted by Crippen LogP contribution is -2.45. The van der Waals surface area contributed by atoms with Crippen LogP contribution in [0.3, 0.4) is 0 Å². The van der Waals surface area contributed by atoms with E-state index in [1.54, 1.807) is 6.08 Å². The largest absolute Gasteiger partial charge is 0.472 e. The lowest BCUT2D eigenvalue weighted by Gasteiger charge is -2.25. The van der Waals surface area contributed by atoms with Crippen LogP contribution in [0.1, 0.15) is 354 Å². The zero-order chi connectivity index (χ0) is 57.7. The number of nitrogens with one attached hydrogen (secondary N) is 1.